The lowest BCUT2D eigenvalue weighted by molar-refractivity contribution is -0.135. The number of rotatable bonds is 2. The molecule has 0 unspecified atom stereocenters. The van der Waals surface area contributed by atoms with Crippen molar-refractivity contribution in [3.05, 3.63) is 0 Å². The molecule has 1 aliphatic carbocycles. The van der Waals surface area contributed by atoms with Gasteiger partial charge in [0.1, 0.15) is 0 Å². The molecule has 2 rings (SSSR count). The first-order chi connectivity index (χ1) is 6.71. The highest BCUT2D eigenvalue weighted by Gasteiger charge is 2.39. The molecule has 0 radical (unpaired) electrons. The van der Waals surface area contributed by atoms with Crippen LogP contribution in [0.5, 0.6) is 0 Å². The molecule has 1 heterocycles. The second-order valence-electron chi connectivity index (χ2n) is 4.91. The van der Waals surface area contributed by atoms with Crippen LogP contribution in [-0.2, 0) is 4.79 Å². The fourth-order valence-electron chi connectivity index (χ4n) is 2.26. The van der Waals surface area contributed by atoms with Crippen LogP contribution in [0, 0.1) is 5.41 Å². The second kappa shape index (κ2) is 3.89. The molecule has 0 aromatic rings. The highest BCUT2D eigenvalue weighted by atomic mass is 16.2. The van der Waals surface area contributed by atoms with Gasteiger partial charge in [-0.15, -0.1) is 0 Å². The third-order valence-corrected chi connectivity index (χ3v) is 3.68. The van der Waals surface area contributed by atoms with E-state index in [1.54, 1.807) is 0 Å². The number of carbonyl (C=O) groups is 1. The number of nitrogens with one attached hydrogen (secondary N) is 2. The van der Waals surface area contributed by atoms with E-state index < -0.39 is 0 Å². The topological polar surface area (TPSA) is 41.1 Å². The number of hydrogen-bond donors (Lipinski definition) is 2. The fraction of sp³-hybridized carbons (Fsp3) is 0.909. The van der Waals surface area contributed by atoms with Crippen molar-refractivity contribution < 1.29 is 4.79 Å². The summed E-state index contributed by atoms with van der Waals surface area (Å²) in [4.78, 5) is 11.9. The minimum absolute atomic E-state index is 0.0368. The molecule has 1 saturated carbocycles. The van der Waals surface area contributed by atoms with E-state index in [4.69, 9.17) is 0 Å². The summed E-state index contributed by atoms with van der Waals surface area (Å²) >= 11 is 0. The Morgan fingerprint density at radius 2 is 2.00 bits per heavy atom. The van der Waals surface area contributed by atoms with E-state index >= 15 is 0 Å². The third-order valence-electron chi connectivity index (χ3n) is 3.68. The van der Waals surface area contributed by atoms with Crippen LogP contribution in [0.15, 0.2) is 0 Å². The summed E-state index contributed by atoms with van der Waals surface area (Å²) < 4.78 is 0. The lowest BCUT2D eigenvalue weighted by Gasteiger charge is -2.38. The van der Waals surface area contributed by atoms with Crippen LogP contribution in [0.2, 0.25) is 0 Å². The highest BCUT2D eigenvalue weighted by Crippen LogP contribution is 2.40. The van der Waals surface area contributed by atoms with Gasteiger partial charge in [0.2, 0.25) is 5.91 Å². The lowest BCUT2D eigenvalue weighted by atomic mass is 9.69. The molecular weight excluding hydrogens is 176 g/mol. The zero-order valence-corrected chi connectivity index (χ0v) is 8.94. The normalized spacial score (nSPS) is 26.6. The van der Waals surface area contributed by atoms with Gasteiger partial charge in [0, 0.05) is 11.5 Å². The molecule has 0 spiro atoms. The summed E-state index contributed by atoms with van der Waals surface area (Å²) in [5, 5.41) is 6.49. The first-order valence-electron chi connectivity index (χ1n) is 5.72. The summed E-state index contributed by atoms with van der Waals surface area (Å²) in [6.07, 6.45) is 5.54. The third kappa shape index (κ3) is 1.92. The molecule has 14 heavy (non-hydrogen) atoms. The Balaban J connectivity index is 1.81. The molecule has 1 amide bonds. The van der Waals surface area contributed by atoms with Gasteiger partial charge in [-0.1, -0.05) is 13.3 Å². The Morgan fingerprint density at radius 1 is 1.36 bits per heavy atom. The molecule has 3 nitrogen and oxygen atoms in total. The summed E-state index contributed by atoms with van der Waals surface area (Å²) in [5.74, 6) is 0.288. The number of carbonyl (C=O) groups excluding carboxylic acids is 1. The summed E-state index contributed by atoms with van der Waals surface area (Å²) in [5.41, 5.74) is -0.0368. The number of amides is 1. The average molecular weight is 196 g/mol. The Hall–Kier alpha value is -0.570. The van der Waals surface area contributed by atoms with E-state index in [0.29, 0.717) is 6.04 Å². The zero-order valence-electron chi connectivity index (χ0n) is 8.94. The van der Waals surface area contributed by atoms with Crippen molar-refractivity contribution in [1.29, 1.82) is 0 Å². The Labute approximate surface area is 85.6 Å². The molecular formula is C11H20N2O. The smallest absolute Gasteiger partial charge is 0.226 e. The maximum Gasteiger partial charge on any atom is 0.226 e. The van der Waals surface area contributed by atoms with Crippen molar-refractivity contribution in [3.63, 3.8) is 0 Å². The van der Waals surface area contributed by atoms with E-state index in [1.807, 2.05) is 0 Å². The molecule has 1 saturated heterocycles. The molecule has 2 N–H and O–H groups in total. The van der Waals surface area contributed by atoms with Crippen molar-refractivity contribution in [1.82, 2.24) is 10.6 Å². The van der Waals surface area contributed by atoms with Crippen molar-refractivity contribution in [2.24, 2.45) is 5.41 Å². The average Bonchev–Trinajstić information content (AvgIpc) is 2.15. The van der Waals surface area contributed by atoms with E-state index in [0.717, 1.165) is 38.8 Å². The van der Waals surface area contributed by atoms with E-state index in [2.05, 4.69) is 17.6 Å². The predicted molar refractivity (Wildman–Crippen MR) is 56.0 cm³/mol. The van der Waals surface area contributed by atoms with Gasteiger partial charge in [-0.25, -0.2) is 0 Å². The van der Waals surface area contributed by atoms with Crippen molar-refractivity contribution >= 4 is 5.91 Å². The summed E-state index contributed by atoms with van der Waals surface area (Å²) in [7, 11) is 0. The van der Waals surface area contributed by atoms with E-state index in [-0.39, 0.29) is 11.3 Å². The Morgan fingerprint density at radius 3 is 2.50 bits per heavy atom. The maximum absolute atomic E-state index is 11.9. The largest absolute Gasteiger partial charge is 0.353 e. The van der Waals surface area contributed by atoms with Crippen LogP contribution in [0.3, 0.4) is 0 Å². The monoisotopic (exact) mass is 196 g/mol. The molecule has 0 bridgehead atoms. The Bertz CT molecular complexity index is 217. The highest BCUT2D eigenvalue weighted by molar-refractivity contribution is 5.83. The van der Waals surface area contributed by atoms with Crippen molar-refractivity contribution in [3.8, 4) is 0 Å². The molecule has 2 fully saturated rings. The van der Waals surface area contributed by atoms with E-state index in [1.165, 1.54) is 6.42 Å². The van der Waals surface area contributed by atoms with Gasteiger partial charge in [-0.2, -0.15) is 0 Å². The van der Waals surface area contributed by atoms with Crippen LogP contribution < -0.4 is 10.6 Å². The maximum atomic E-state index is 11.9. The van der Waals surface area contributed by atoms with Gasteiger partial charge < -0.3 is 10.6 Å². The SMILES string of the molecule is CC1(C(=O)NC2CCNCC2)CCC1. The van der Waals surface area contributed by atoms with Crippen LogP contribution in [0.1, 0.15) is 39.0 Å². The minimum Gasteiger partial charge on any atom is -0.353 e. The first kappa shape index (κ1) is 9.97. The second-order valence-corrected chi connectivity index (χ2v) is 4.91. The van der Waals surface area contributed by atoms with Crippen LogP contribution in [0.25, 0.3) is 0 Å². The number of piperidine rings is 1. The lowest BCUT2D eigenvalue weighted by Crippen LogP contribution is -2.50. The zero-order chi connectivity index (χ0) is 10.0. The van der Waals surface area contributed by atoms with Crippen LogP contribution in [0.4, 0.5) is 0 Å². The molecule has 0 atom stereocenters. The van der Waals surface area contributed by atoms with Gasteiger partial charge in [0.25, 0.3) is 0 Å². The van der Waals surface area contributed by atoms with E-state index in [9.17, 15) is 4.79 Å². The van der Waals surface area contributed by atoms with Gasteiger partial charge in [-0.3, -0.25) is 4.79 Å². The molecule has 1 aliphatic heterocycles. The van der Waals surface area contributed by atoms with Gasteiger partial charge >= 0.3 is 0 Å². The quantitative estimate of drug-likeness (QED) is 0.693. The van der Waals surface area contributed by atoms with Gasteiger partial charge in [-0.05, 0) is 38.8 Å². The minimum atomic E-state index is -0.0368. The molecule has 2 aliphatic rings. The fourth-order valence-corrected chi connectivity index (χ4v) is 2.26. The summed E-state index contributed by atoms with van der Waals surface area (Å²) in [6, 6.07) is 0.418. The van der Waals surface area contributed by atoms with Gasteiger partial charge in [0.05, 0.1) is 0 Å². The molecule has 3 heteroatoms. The molecule has 80 valence electrons. The summed E-state index contributed by atoms with van der Waals surface area (Å²) in [6.45, 7) is 4.18. The first-order valence-corrected chi connectivity index (χ1v) is 5.72. The standard InChI is InChI=1S/C11H20N2O/c1-11(5-2-6-11)10(14)13-9-3-7-12-8-4-9/h9,12H,2-8H2,1H3,(H,13,14). The van der Waals surface area contributed by atoms with Crippen molar-refractivity contribution in [2.45, 2.75) is 45.1 Å². The van der Waals surface area contributed by atoms with Crippen LogP contribution >= 0.6 is 0 Å². The number of hydrogen-bond acceptors (Lipinski definition) is 2. The Kier molecular flexibility index (Phi) is 2.77. The van der Waals surface area contributed by atoms with Gasteiger partial charge in [0.15, 0.2) is 0 Å². The molecule has 0 aromatic heterocycles. The predicted octanol–water partition coefficient (Wildman–Crippen LogP) is 1.04. The van der Waals surface area contributed by atoms with Crippen LogP contribution in [-0.4, -0.2) is 25.0 Å². The molecule has 0 aromatic carbocycles. The van der Waals surface area contributed by atoms with Crippen molar-refractivity contribution in [2.75, 3.05) is 13.1 Å².